The maximum atomic E-state index is 6.32. The van der Waals surface area contributed by atoms with Crippen LogP contribution in [0.4, 0.5) is 0 Å². The summed E-state index contributed by atoms with van der Waals surface area (Å²) in [6.45, 7) is 7.74. The summed E-state index contributed by atoms with van der Waals surface area (Å²) < 4.78 is 0. The van der Waals surface area contributed by atoms with Gasteiger partial charge in [-0.05, 0) is 43.0 Å². The molecule has 0 aliphatic heterocycles. The first-order chi connectivity index (χ1) is 10.1. The molecular formula is C18H29Cl2N. The van der Waals surface area contributed by atoms with Crippen LogP contribution < -0.4 is 5.32 Å². The van der Waals surface area contributed by atoms with Gasteiger partial charge in [0.25, 0.3) is 0 Å². The minimum Gasteiger partial charge on any atom is -0.314 e. The first-order valence-corrected chi connectivity index (χ1v) is 9.03. The topological polar surface area (TPSA) is 12.0 Å². The second-order valence-corrected chi connectivity index (χ2v) is 6.69. The quantitative estimate of drug-likeness (QED) is 0.545. The van der Waals surface area contributed by atoms with E-state index in [0.717, 1.165) is 23.9 Å². The molecule has 0 saturated heterocycles. The lowest BCUT2D eigenvalue weighted by Crippen LogP contribution is -2.33. The van der Waals surface area contributed by atoms with Crippen molar-refractivity contribution in [3.63, 3.8) is 0 Å². The van der Waals surface area contributed by atoms with E-state index in [4.69, 9.17) is 23.2 Å². The molecule has 1 N–H and O–H groups in total. The molecule has 0 aliphatic carbocycles. The van der Waals surface area contributed by atoms with E-state index in [9.17, 15) is 0 Å². The Balaban J connectivity index is 2.67. The molecule has 3 heteroatoms. The van der Waals surface area contributed by atoms with Crippen molar-refractivity contribution in [2.45, 2.75) is 65.3 Å². The summed E-state index contributed by atoms with van der Waals surface area (Å²) in [7, 11) is 0. The van der Waals surface area contributed by atoms with Gasteiger partial charge >= 0.3 is 0 Å². The smallest absolute Gasteiger partial charge is 0.0453 e. The van der Waals surface area contributed by atoms with Crippen LogP contribution in [0.1, 0.15) is 58.4 Å². The van der Waals surface area contributed by atoms with E-state index in [1.807, 2.05) is 12.1 Å². The highest BCUT2D eigenvalue weighted by Crippen LogP contribution is 2.25. The highest BCUT2D eigenvalue weighted by Gasteiger charge is 2.16. The van der Waals surface area contributed by atoms with Crippen LogP contribution in [0.15, 0.2) is 18.2 Å². The number of unbranched alkanes of at least 4 members (excludes halogenated alkanes) is 1. The van der Waals surface area contributed by atoms with Crippen LogP contribution in [-0.2, 0) is 6.42 Å². The van der Waals surface area contributed by atoms with Gasteiger partial charge in [-0.1, -0.05) is 75.7 Å². The van der Waals surface area contributed by atoms with Crippen LogP contribution in [0.3, 0.4) is 0 Å². The van der Waals surface area contributed by atoms with Crippen molar-refractivity contribution in [1.29, 1.82) is 0 Å². The maximum absolute atomic E-state index is 6.32. The van der Waals surface area contributed by atoms with Crippen LogP contribution in [0.5, 0.6) is 0 Å². The summed E-state index contributed by atoms with van der Waals surface area (Å²) in [5.41, 5.74) is 1.19. The van der Waals surface area contributed by atoms with Crippen molar-refractivity contribution in [3.8, 4) is 0 Å². The van der Waals surface area contributed by atoms with Crippen LogP contribution in [0.2, 0.25) is 10.0 Å². The van der Waals surface area contributed by atoms with E-state index in [1.165, 1.54) is 37.7 Å². The van der Waals surface area contributed by atoms with Crippen molar-refractivity contribution >= 4 is 23.2 Å². The molecule has 0 saturated carbocycles. The molecule has 21 heavy (non-hydrogen) atoms. The van der Waals surface area contributed by atoms with Gasteiger partial charge in [-0.3, -0.25) is 0 Å². The molecule has 1 aromatic rings. The predicted octanol–water partition coefficient (Wildman–Crippen LogP) is 6.12. The average molecular weight is 330 g/mol. The van der Waals surface area contributed by atoms with Crippen molar-refractivity contribution in [2.75, 3.05) is 6.54 Å². The second kappa shape index (κ2) is 10.5. The Hall–Kier alpha value is -0.240. The Morgan fingerprint density at radius 1 is 1.14 bits per heavy atom. The average Bonchev–Trinajstić information content (AvgIpc) is 2.46. The number of nitrogens with one attached hydrogen (secondary N) is 1. The monoisotopic (exact) mass is 329 g/mol. The van der Waals surface area contributed by atoms with Crippen molar-refractivity contribution in [2.24, 2.45) is 5.92 Å². The van der Waals surface area contributed by atoms with Gasteiger partial charge in [0.15, 0.2) is 0 Å². The fourth-order valence-corrected chi connectivity index (χ4v) is 3.35. The van der Waals surface area contributed by atoms with E-state index in [0.29, 0.717) is 11.1 Å². The van der Waals surface area contributed by atoms with Gasteiger partial charge in [-0.15, -0.1) is 0 Å². The minimum absolute atomic E-state index is 0.496. The van der Waals surface area contributed by atoms with Gasteiger partial charge in [0.2, 0.25) is 0 Å². The minimum atomic E-state index is 0.496. The van der Waals surface area contributed by atoms with E-state index in [2.05, 4.69) is 32.2 Å². The van der Waals surface area contributed by atoms with Gasteiger partial charge < -0.3 is 5.32 Å². The lowest BCUT2D eigenvalue weighted by Gasteiger charge is -2.24. The highest BCUT2D eigenvalue weighted by atomic mass is 35.5. The van der Waals surface area contributed by atoms with E-state index in [1.54, 1.807) is 0 Å². The Bertz CT molecular complexity index is 406. The van der Waals surface area contributed by atoms with Gasteiger partial charge in [0, 0.05) is 16.1 Å². The third-order valence-corrected chi connectivity index (χ3v) is 4.72. The first kappa shape index (κ1) is 18.8. The number of halogens is 2. The molecule has 2 unspecified atom stereocenters. The molecule has 120 valence electrons. The third kappa shape index (κ3) is 7.04. The van der Waals surface area contributed by atoms with Crippen LogP contribution >= 0.6 is 23.2 Å². The molecule has 0 radical (unpaired) electrons. The van der Waals surface area contributed by atoms with Crippen LogP contribution in [-0.4, -0.2) is 12.6 Å². The molecule has 0 heterocycles. The second-order valence-electron chi connectivity index (χ2n) is 5.85. The maximum Gasteiger partial charge on any atom is 0.0453 e. The fraction of sp³-hybridized carbons (Fsp3) is 0.667. The fourth-order valence-electron chi connectivity index (χ4n) is 2.86. The Morgan fingerprint density at radius 3 is 2.48 bits per heavy atom. The molecular weight excluding hydrogens is 301 g/mol. The number of rotatable bonds is 10. The molecule has 0 amide bonds. The summed E-state index contributed by atoms with van der Waals surface area (Å²) in [6, 6.07) is 6.33. The Morgan fingerprint density at radius 2 is 1.90 bits per heavy atom. The van der Waals surface area contributed by atoms with Crippen molar-refractivity contribution < 1.29 is 0 Å². The zero-order valence-corrected chi connectivity index (χ0v) is 15.1. The number of benzene rings is 1. The summed E-state index contributed by atoms with van der Waals surface area (Å²) in [5.74, 6) is 0.806. The molecule has 0 aromatic heterocycles. The number of hydrogen-bond acceptors (Lipinski definition) is 1. The van der Waals surface area contributed by atoms with E-state index < -0.39 is 0 Å². The number of hydrogen-bond donors (Lipinski definition) is 1. The third-order valence-electron chi connectivity index (χ3n) is 4.14. The van der Waals surface area contributed by atoms with Gasteiger partial charge in [-0.2, -0.15) is 0 Å². The Labute approximate surface area is 140 Å². The van der Waals surface area contributed by atoms with Crippen molar-refractivity contribution in [1.82, 2.24) is 5.32 Å². The normalized spacial score (nSPS) is 14.1. The summed E-state index contributed by atoms with van der Waals surface area (Å²) >= 11 is 12.3. The molecule has 1 nitrogen and oxygen atoms in total. The highest BCUT2D eigenvalue weighted by molar-refractivity contribution is 6.35. The SMILES string of the molecule is CCCCC(CC)CC(Cc1ccc(Cl)cc1Cl)NCC. The largest absolute Gasteiger partial charge is 0.314 e. The molecule has 0 bridgehead atoms. The van der Waals surface area contributed by atoms with Crippen LogP contribution in [0, 0.1) is 5.92 Å². The molecule has 0 fully saturated rings. The summed E-state index contributed by atoms with van der Waals surface area (Å²) in [6.07, 6.45) is 7.42. The molecule has 1 rings (SSSR count). The molecule has 1 aromatic carbocycles. The van der Waals surface area contributed by atoms with Gasteiger partial charge in [0.05, 0.1) is 0 Å². The first-order valence-electron chi connectivity index (χ1n) is 8.27. The number of likely N-dealkylation sites (N-methyl/N-ethyl adjacent to an activating group) is 1. The lowest BCUT2D eigenvalue weighted by atomic mass is 9.89. The van der Waals surface area contributed by atoms with Crippen molar-refractivity contribution in [3.05, 3.63) is 33.8 Å². The van der Waals surface area contributed by atoms with E-state index >= 15 is 0 Å². The molecule has 0 aliphatic rings. The summed E-state index contributed by atoms with van der Waals surface area (Å²) in [4.78, 5) is 0. The predicted molar refractivity (Wildman–Crippen MR) is 95.6 cm³/mol. The summed E-state index contributed by atoms with van der Waals surface area (Å²) in [5, 5.41) is 5.11. The molecule has 2 atom stereocenters. The Kier molecular flexibility index (Phi) is 9.39. The zero-order valence-electron chi connectivity index (χ0n) is 13.6. The van der Waals surface area contributed by atoms with Gasteiger partial charge in [-0.25, -0.2) is 0 Å². The van der Waals surface area contributed by atoms with E-state index in [-0.39, 0.29) is 0 Å². The standard InChI is InChI=1S/C18H29Cl2N/c1-4-7-8-14(5-2)11-17(21-6-3)12-15-9-10-16(19)13-18(15)20/h9-10,13-14,17,21H,4-8,11-12H2,1-3H3. The van der Waals surface area contributed by atoms with Gasteiger partial charge in [0.1, 0.15) is 0 Å². The van der Waals surface area contributed by atoms with Crippen LogP contribution in [0.25, 0.3) is 0 Å². The zero-order chi connectivity index (χ0) is 15.7. The molecule has 0 spiro atoms. The lowest BCUT2D eigenvalue weighted by molar-refractivity contribution is 0.350.